The van der Waals surface area contributed by atoms with Gasteiger partial charge in [0.05, 0.1) is 5.60 Å². The molecule has 0 bridgehead atoms. The number of hydrogen-bond acceptors (Lipinski definition) is 5. The van der Waals surface area contributed by atoms with Gasteiger partial charge in [-0.2, -0.15) is 0 Å². The van der Waals surface area contributed by atoms with Crippen molar-refractivity contribution in [3.05, 3.63) is 64.8 Å². The van der Waals surface area contributed by atoms with E-state index in [0.717, 1.165) is 31.2 Å². The van der Waals surface area contributed by atoms with Crippen molar-refractivity contribution >= 4 is 11.8 Å². The number of ether oxygens (including phenoxy) is 2. The van der Waals surface area contributed by atoms with Crippen molar-refractivity contribution in [1.82, 2.24) is 0 Å². The van der Waals surface area contributed by atoms with Gasteiger partial charge in [0, 0.05) is 17.1 Å². The topological polar surface area (TPSA) is 76.1 Å². The summed E-state index contributed by atoms with van der Waals surface area (Å²) in [5, 5.41) is 9.59. The molecule has 4 unspecified atom stereocenters. The molecule has 0 spiro atoms. The summed E-state index contributed by atoms with van der Waals surface area (Å²) >= 11 is 0. The van der Waals surface area contributed by atoms with Gasteiger partial charge in [-0.05, 0) is 90.5 Å². The number of epoxide rings is 1. The van der Waals surface area contributed by atoms with E-state index in [4.69, 9.17) is 9.47 Å². The molecule has 2 heterocycles. The van der Waals surface area contributed by atoms with E-state index in [0.29, 0.717) is 17.6 Å². The molecule has 2 aliphatic heterocycles. The summed E-state index contributed by atoms with van der Waals surface area (Å²) in [6.45, 7) is 13.7. The number of ketones is 1. The predicted molar refractivity (Wildman–Crippen MR) is 129 cm³/mol. The molecule has 4 atom stereocenters. The molecule has 5 heteroatoms. The molecule has 2 fully saturated rings. The summed E-state index contributed by atoms with van der Waals surface area (Å²) < 4.78 is 11.3. The molecular weight excluding hydrogens is 416 g/mol. The summed E-state index contributed by atoms with van der Waals surface area (Å²) in [6.07, 6.45) is 8.94. The maximum Gasteiger partial charge on any atom is 0.334 e. The molecule has 1 aliphatic carbocycles. The van der Waals surface area contributed by atoms with Crippen LogP contribution in [0, 0.1) is 5.92 Å². The van der Waals surface area contributed by atoms with Crippen LogP contribution in [0.25, 0.3) is 0 Å². The number of hydrogen-bond donors (Lipinski definition) is 1. The number of fused-ring (bicyclic) bond motifs is 3. The van der Waals surface area contributed by atoms with Crippen molar-refractivity contribution in [3.63, 3.8) is 0 Å². The van der Waals surface area contributed by atoms with Crippen LogP contribution in [0.15, 0.2) is 53.6 Å². The summed E-state index contributed by atoms with van der Waals surface area (Å²) in [5.41, 5.74) is 4.55. The second-order valence-electron chi connectivity index (χ2n) is 9.87. The van der Waals surface area contributed by atoms with Gasteiger partial charge in [-0.1, -0.05) is 29.9 Å². The zero-order chi connectivity index (χ0) is 24.3. The molecule has 0 amide bonds. The number of phenols is 1. The molecule has 4 rings (SSSR count). The smallest absolute Gasteiger partial charge is 0.334 e. The molecule has 1 aromatic carbocycles. The Morgan fingerprint density at radius 2 is 2.03 bits per heavy atom. The lowest BCUT2D eigenvalue weighted by molar-refractivity contribution is -0.140. The van der Waals surface area contributed by atoms with Crippen LogP contribution in [0.3, 0.4) is 0 Å². The molecule has 33 heavy (non-hydrogen) atoms. The highest BCUT2D eigenvalue weighted by Gasteiger charge is 2.61. The van der Waals surface area contributed by atoms with Crippen LogP contribution in [0.2, 0.25) is 0 Å². The number of benzene rings is 1. The van der Waals surface area contributed by atoms with E-state index in [2.05, 4.69) is 26.5 Å². The number of esters is 1. The fraction of sp³-hybridized carbons (Fsp3) is 0.500. The first-order valence-corrected chi connectivity index (χ1v) is 11.7. The zero-order valence-electron chi connectivity index (χ0n) is 20.4. The quantitative estimate of drug-likeness (QED) is 0.204. The van der Waals surface area contributed by atoms with Gasteiger partial charge in [0.15, 0.2) is 5.78 Å². The number of allylic oxidation sites excluding steroid dienone is 4. The van der Waals surface area contributed by atoms with E-state index in [1.54, 1.807) is 18.2 Å². The maximum absolute atomic E-state index is 11.7. The average Bonchev–Trinajstić information content (AvgIpc) is 3.33. The Kier molecular flexibility index (Phi) is 7.63. The molecule has 0 radical (unpaired) electrons. The molecule has 2 saturated heterocycles. The molecule has 0 aromatic heterocycles. The van der Waals surface area contributed by atoms with Crippen LogP contribution in [-0.4, -0.2) is 34.7 Å². The van der Waals surface area contributed by atoms with Crippen molar-refractivity contribution in [2.24, 2.45) is 5.92 Å². The van der Waals surface area contributed by atoms with Crippen LogP contribution in [-0.2, 0) is 20.7 Å². The van der Waals surface area contributed by atoms with Gasteiger partial charge in [-0.3, -0.25) is 4.79 Å². The van der Waals surface area contributed by atoms with E-state index < -0.39 is 0 Å². The minimum absolute atomic E-state index is 0.0217. The van der Waals surface area contributed by atoms with Gasteiger partial charge in [-0.15, -0.1) is 0 Å². The van der Waals surface area contributed by atoms with E-state index in [1.165, 1.54) is 18.1 Å². The van der Waals surface area contributed by atoms with Crippen molar-refractivity contribution in [2.75, 3.05) is 0 Å². The van der Waals surface area contributed by atoms with Gasteiger partial charge in [0.2, 0.25) is 0 Å². The van der Waals surface area contributed by atoms with E-state index >= 15 is 0 Å². The highest BCUT2D eigenvalue weighted by Crippen LogP contribution is 2.49. The molecule has 3 aliphatic rings. The summed E-state index contributed by atoms with van der Waals surface area (Å²) in [6, 6.07) is 4.96. The molecule has 0 saturated carbocycles. The first-order chi connectivity index (χ1) is 15.5. The number of Topliss-reactive ketones (excluding diaryl/α,β-unsaturated/α-hetero) is 1. The second-order valence-corrected chi connectivity index (χ2v) is 9.87. The van der Waals surface area contributed by atoms with E-state index in [-0.39, 0.29) is 41.2 Å². The average molecular weight is 453 g/mol. The van der Waals surface area contributed by atoms with Crippen molar-refractivity contribution in [2.45, 2.75) is 84.5 Å². The minimum atomic E-state index is -0.233. The zero-order valence-corrected chi connectivity index (χ0v) is 20.4. The largest absolute Gasteiger partial charge is 0.508 e. The number of phenolic OH excluding ortho intramolecular Hbond substituents is 1. The van der Waals surface area contributed by atoms with Gasteiger partial charge in [-0.25, -0.2) is 4.79 Å². The maximum atomic E-state index is 11.7. The monoisotopic (exact) mass is 452 g/mol. The third kappa shape index (κ3) is 6.02. The Morgan fingerprint density at radius 1 is 1.30 bits per heavy atom. The highest BCUT2D eigenvalue weighted by atomic mass is 16.6. The van der Waals surface area contributed by atoms with Gasteiger partial charge >= 0.3 is 5.97 Å². The Morgan fingerprint density at radius 3 is 2.70 bits per heavy atom. The second kappa shape index (κ2) is 10.1. The van der Waals surface area contributed by atoms with Crippen molar-refractivity contribution in [3.8, 4) is 5.75 Å². The third-order valence-electron chi connectivity index (χ3n) is 6.79. The number of rotatable bonds is 3. The molecule has 1 aromatic rings. The number of carbonyl (C=O) groups excluding carboxylic acids is 2. The molecule has 178 valence electrons. The van der Waals surface area contributed by atoms with Gasteiger partial charge < -0.3 is 14.6 Å². The normalized spacial score (nSPS) is 28.3. The van der Waals surface area contributed by atoms with Crippen molar-refractivity contribution < 1.29 is 24.2 Å². The van der Waals surface area contributed by atoms with Crippen LogP contribution >= 0.6 is 0 Å². The van der Waals surface area contributed by atoms with Crippen LogP contribution < -0.4 is 0 Å². The summed E-state index contributed by atoms with van der Waals surface area (Å²) in [5.74, 6) is 0.167. The fourth-order valence-electron chi connectivity index (χ4n) is 4.49. The van der Waals surface area contributed by atoms with E-state index in [9.17, 15) is 14.7 Å². The van der Waals surface area contributed by atoms with Crippen LogP contribution in [0.1, 0.15) is 76.2 Å². The minimum Gasteiger partial charge on any atom is -0.508 e. The molecular formula is C28H36O5. The number of aromatic hydroxyl groups is 1. The predicted octanol–water partition coefficient (Wildman–Crippen LogP) is 5.87. The summed E-state index contributed by atoms with van der Waals surface area (Å²) in [7, 11) is 0. The standard InChI is InChI=1S/C15H20O3.C13H16O2/c1-9-5-4-8-15(3)13(18-15)12-11(7-6-9)10(2)14(16)17-12;1-9(2)4-5-12-8-11(10(3)14)6-7-13(12)15/h5,11-13H,2,4,6-8H2,1,3H3;4,6-8,15H,5H2,1-3H3. The lowest BCUT2D eigenvalue weighted by Gasteiger charge is -2.19. The Labute approximate surface area is 197 Å². The number of carbonyl (C=O) groups is 2. The summed E-state index contributed by atoms with van der Waals surface area (Å²) in [4.78, 5) is 22.8. The van der Waals surface area contributed by atoms with Gasteiger partial charge in [0.1, 0.15) is 18.0 Å². The third-order valence-corrected chi connectivity index (χ3v) is 6.79. The fourth-order valence-corrected chi connectivity index (χ4v) is 4.49. The van der Waals surface area contributed by atoms with Crippen LogP contribution in [0.5, 0.6) is 5.75 Å². The van der Waals surface area contributed by atoms with E-state index in [1.807, 2.05) is 19.9 Å². The van der Waals surface area contributed by atoms with Crippen LogP contribution in [0.4, 0.5) is 0 Å². The molecule has 1 N–H and O–H groups in total. The van der Waals surface area contributed by atoms with Gasteiger partial charge in [0.25, 0.3) is 0 Å². The lowest BCUT2D eigenvalue weighted by atomic mass is 9.84. The first-order valence-electron chi connectivity index (χ1n) is 11.7. The Bertz CT molecular complexity index is 998. The van der Waals surface area contributed by atoms with Crippen molar-refractivity contribution in [1.29, 1.82) is 0 Å². The Balaban J connectivity index is 0.000000190. The lowest BCUT2D eigenvalue weighted by Crippen LogP contribution is -2.28. The first kappa shape index (κ1) is 25.0. The SMILES string of the molecule is C=C1C(=O)OC2C1CCC(C)=CCCC1(C)OC21.CC(=O)c1ccc(O)c(CC=C(C)C)c1. The molecule has 5 nitrogen and oxygen atoms in total. The Hall–Kier alpha value is -2.66. The highest BCUT2D eigenvalue weighted by molar-refractivity contribution is 5.94.